The van der Waals surface area contributed by atoms with Crippen molar-refractivity contribution in [2.24, 2.45) is 17.8 Å². The minimum atomic E-state index is -1.93. The minimum absolute atomic E-state index is 0.0958. The normalized spacial score (nSPS) is 37.6. The molecule has 4 aliphatic rings. The standard InChI is InChI=1S/C59H88N4O13S/c1-14-46-59(10,70)52(66)37(6)63(27-19-26-60-47(64)25-24-39-29-42-40-20-15-17-22-43(40)61-44-23-18-16-21-41(44)51(42)77-39)32-33(2)30-57(8,69)54(76-56-49(65)45(62(11)12)28-34(3)72-56)35(4)50(36(5)55(68)74-46)75-48-31-58(9,71-13)53(67)38(7)73-48/h15-18,20-25,29,33-38,45-46,48-50,52-54,56,61,65-67,69-70H,14,19,26-28,30-32H2,1-13H3,(H,60,64)/t33-,34-,35+,36-,37-,38+,45+,46-,48+,49-,50+,52-,53+,54-,56+,57-,58-,59-/m1/s1. The fourth-order valence-corrected chi connectivity index (χ4v) is 13.4. The number of para-hydroxylation sites is 2. The van der Waals surface area contributed by atoms with Gasteiger partial charge in [0.2, 0.25) is 5.91 Å². The third kappa shape index (κ3) is 13.7. The number of aliphatic hydroxyl groups excluding tert-OH is 3. The van der Waals surface area contributed by atoms with E-state index in [1.807, 2.05) is 81.9 Å². The number of hydrogen-bond acceptors (Lipinski definition) is 17. The lowest BCUT2D eigenvalue weighted by Crippen LogP contribution is -2.60. The second-order valence-corrected chi connectivity index (χ2v) is 24.4. The summed E-state index contributed by atoms with van der Waals surface area (Å²) < 4.78 is 38.3. The molecule has 7 rings (SSSR count). The number of methoxy groups -OCH3 is 1. The minimum Gasteiger partial charge on any atom is -0.459 e. The van der Waals surface area contributed by atoms with E-state index in [0.717, 1.165) is 37.8 Å². The Morgan fingerprint density at radius 3 is 2.25 bits per heavy atom. The molecule has 0 radical (unpaired) electrons. The van der Waals surface area contributed by atoms with Crippen LogP contribution in [-0.2, 0) is 38.0 Å². The largest absolute Gasteiger partial charge is 0.459 e. The number of anilines is 2. The summed E-state index contributed by atoms with van der Waals surface area (Å²) in [5.41, 5.74) is 0.638. The maximum atomic E-state index is 14.7. The molecule has 0 saturated carbocycles. The van der Waals surface area contributed by atoms with Crippen LogP contribution in [0.15, 0.2) is 60.7 Å². The van der Waals surface area contributed by atoms with E-state index in [9.17, 15) is 35.1 Å². The van der Waals surface area contributed by atoms with Crippen LogP contribution in [0.5, 0.6) is 0 Å². The summed E-state index contributed by atoms with van der Waals surface area (Å²) in [7, 11) is 5.27. The molecular weight excluding hydrogens is 1000 g/mol. The Kier molecular flexibility index (Phi) is 20.0. The highest BCUT2D eigenvalue weighted by atomic mass is 32.1. The summed E-state index contributed by atoms with van der Waals surface area (Å²) in [6.45, 7) is 18.6. The lowest BCUT2D eigenvalue weighted by molar-refractivity contribution is -0.318. The van der Waals surface area contributed by atoms with E-state index >= 15 is 0 Å². The fourth-order valence-electron chi connectivity index (χ4n) is 12.3. The lowest BCUT2D eigenvalue weighted by atomic mass is 9.77. The lowest BCUT2D eigenvalue weighted by Gasteiger charge is -2.48. The molecule has 3 saturated heterocycles. The molecule has 0 spiro atoms. The summed E-state index contributed by atoms with van der Waals surface area (Å²) in [4.78, 5) is 34.1. The molecule has 1 aromatic heterocycles. The van der Waals surface area contributed by atoms with E-state index < -0.39 is 96.0 Å². The van der Waals surface area contributed by atoms with Crippen LogP contribution in [0.25, 0.3) is 27.6 Å². The molecule has 0 bridgehead atoms. The molecular formula is C59H88N4O13S. The molecule has 5 heterocycles. The zero-order chi connectivity index (χ0) is 56.3. The van der Waals surface area contributed by atoms with Gasteiger partial charge in [-0.1, -0.05) is 57.2 Å². The SMILES string of the molecule is CC[C@H]1OC(=O)[C@H](C)[C@@H](O[C@H]2C[C@@](C)(OC)[C@@H](O)[C@H](C)O2)[C@H](C)[C@@H](O[C@@H]2O[C@H](C)C[C@H](N(C)C)[C@H]2O)[C@](C)(O)C[C@@H](C)CN(CCCNC(=O)C=Cc2cc3c(s2)-c2ccccc2Nc2ccccc2-3)[C@H](C)[C@@H](O)[C@]1(C)O. The van der Waals surface area contributed by atoms with E-state index in [1.54, 1.807) is 52.0 Å². The number of fused-ring (bicyclic) bond motifs is 5. The van der Waals surface area contributed by atoms with Gasteiger partial charge in [0.05, 0.1) is 41.5 Å². The van der Waals surface area contributed by atoms with Crippen LogP contribution in [-0.4, -0.2) is 178 Å². The predicted molar refractivity (Wildman–Crippen MR) is 298 cm³/mol. The Morgan fingerprint density at radius 1 is 0.922 bits per heavy atom. The van der Waals surface area contributed by atoms with Gasteiger partial charge in [-0.25, -0.2) is 0 Å². The fraction of sp³-hybridized carbons (Fsp3) is 0.661. The number of carbonyl (C=O) groups excluding carboxylic acids is 2. The molecule has 77 heavy (non-hydrogen) atoms. The van der Waals surface area contributed by atoms with Gasteiger partial charge in [-0.3, -0.25) is 14.5 Å². The van der Waals surface area contributed by atoms with Gasteiger partial charge in [0, 0.05) is 95.1 Å². The number of cyclic esters (lactones) is 1. The number of aliphatic hydroxyl groups is 5. The molecule has 17 nitrogen and oxygen atoms in total. The number of amides is 1. The van der Waals surface area contributed by atoms with Gasteiger partial charge in [0.15, 0.2) is 12.6 Å². The topological polar surface area (TPSA) is 221 Å². The first kappa shape index (κ1) is 60.8. The number of esters is 1. The van der Waals surface area contributed by atoms with Gasteiger partial charge in [-0.2, -0.15) is 0 Å². The highest BCUT2D eigenvalue weighted by Gasteiger charge is 2.53. The summed E-state index contributed by atoms with van der Waals surface area (Å²) in [6.07, 6.45) is -5.28. The maximum Gasteiger partial charge on any atom is 0.311 e. The molecule has 2 aromatic carbocycles. The van der Waals surface area contributed by atoms with E-state index in [-0.39, 0.29) is 43.2 Å². The average Bonchev–Trinajstić information content (AvgIpc) is 3.77. The van der Waals surface area contributed by atoms with Gasteiger partial charge in [0.1, 0.15) is 30.0 Å². The van der Waals surface area contributed by atoms with Crippen molar-refractivity contribution in [3.8, 4) is 21.6 Å². The van der Waals surface area contributed by atoms with Gasteiger partial charge in [-0.15, -0.1) is 11.3 Å². The number of likely N-dealkylation sites (N-methyl/N-ethyl adjacent to an activating group) is 1. The molecule has 3 aromatic rings. The maximum absolute atomic E-state index is 14.7. The van der Waals surface area contributed by atoms with Crippen molar-refractivity contribution >= 4 is 40.7 Å². The summed E-state index contributed by atoms with van der Waals surface area (Å²) in [5.74, 6) is -3.17. The molecule has 4 aliphatic heterocycles. The van der Waals surface area contributed by atoms with Crippen molar-refractivity contribution in [1.82, 2.24) is 15.1 Å². The van der Waals surface area contributed by atoms with E-state index in [2.05, 4.69) is 41.0 Å². The number of nitrogens with zero attached hydrogens (tertiary/aromatic N) is 2. The van der Waals surface area contributed by atoms with Crippen molar-refractivity contribution in [3.05, 3.63) is 65.6 Å². The van der Waals surface area contributed by atoms with E-state index in [0.29, 0.717) is 32.5 Å². The van der Waals surface area contributed by atoms with Crippen LogP contribution >= 0.6 is 11.3 Å². The highest BCUT2D eigenvalue weighted by Crippen LogP contribution is 2.49. The molecule has 428 valence electrons. The Labute approximate surface area is 460 Å². The zero-order valence-corrected chi connectivity index (χ0v) is 48.3. The summed E-state index contributed by atoms with van der Waals surface area (Å²) in [6, 6.07) is 17.5. The Bertz CT molecular complexity index is 2420. The molecule has 18 heteroatoms. The molecule has 0 aliphatic carbocycles. The Morgan fingerprint density at radius 2 is 1.58 bits per heavy atom. The monoisotopic (exact) mass is 1090 g/mol. The second-order valence-electron chi connectivity index (χ2n) is 23.3. The summed E-state index contributed by atoms with van der Waals surface area (Å²) >= 11 is 1.62. The number of thiophene rings is 1. The molecule has 3 fully saturated rings. The van der Waals surface area contributed by atoms with Gasteiger partial charge in [-0.05, 0) is 118 Å². The first-order valence-electron chi connectivity index (χ1n) is 27.6. The van der Waals surface area contributed by atoms with Crippen LogP contribution < -0.4 is 10.6 Å². The van der Waals surface area contributed by atoms with Crippen molar-refractivity contribution in [2.75, 3.05) is 46.2 Å². The van der Waals surface area contributed by atoms with E-state index in [1.165, 1.54) is 14.0 Å². The average molecular weight is 1090 g/mol. The third-order valence-corrected chi connectivity index (χ3v) is 17.9. The van der Waals surface area contributed by atoms with Crippen molar-refractivity contribution in [1.29, 1.82) is 0 Å². The number of nitrogens with one attached hydrogen (secondary N) is 2. The van der Waals surface area contributed by atoms with Gasteiger partial charge in [0.25, 0.3) is 0 Å². The van der Waals surface area contributed by atoms with Gasteiger partial charge < -0.3 is 69.5 Å². The van der Waals surface area contributed by atoms with Crippen LogP contribution in [0.2, 0.25) is 0 Å². The smallest absolute Gasteiger partial charge is 0.311 e. The molecule has 0 unspecified atom stereocenters. The van der Waals surface area contributed by atoms with Crippen LogP contribution in [0.1, 0.15) is 106 Å². The quantitative estimate of drug-likeness (QED) is 0.0409. The van der Waals surface area contributed by atoms with Crippen molar-refractivity contribution in [3.63, 3.8) is 0 Å². The summed E-state index contributed by atoms with van der Waals surface area (Å²) in [5, 5.41) is 67.0. The highest BCUT2D eigenvalue weighted by molar-refractivity contribution is 7.17. The first-order valence-corrected chi connectivity index (χ1v) is 28.4. The number of carbonyl (C=O) groups is 2. The Balaban J connectivity index is 1.14. The molecule has 18 atom stereocenters. The molecule has 1 amide bonds. The third-order valence-electron chi connectivity index (χ3n) is 16.8. The van der Waals surface area contributed by atoms with E-state index in [4.69, 9.17) is 28.4 Å². The molecule has 7 N–H and O–H groups in total. The van der Waals surface area contributed by atoms with Gasteiger partial charge >= 0.3 is 5.97 Å². The zero-order valence-electron chi connectivity index (χ0n) is 47.5. The predicted octanol–water partition coefficient (Wildman–Crippen LogP) is 6.94. The number of ether oxygens (including phenoxy) is 6. The second kappa shape index (κ2) is 25.3. The van der Waals surface area contributed by atoms with Crippen LogP contribution in [0, 0.1) is 17.8 Å². The Hall–Kier alpha value is -3.86. The number of benzene rings is 2. The first-order chi connectivity index (χ1) is 36.3. The number of hydrogen-bond donors (Lipinski definition) is 7. The van der Waals surface area contributed by atoms with Crippen molar-refractivity contribution in [2.45, 2.75) is 192 Å². The van der Waals surface area contributed by atoms with Crippen molar-refractivity contribution < 1.29 is 63.5 Å². The number of rotatable bonds is 13. The van der Waals surface area contributed by atoms with Crippen LogP contribution in [0.3, 0.4) is 0 Å². The van der Waals surface area contributed by atoms with Crippen LogP contribution in [0.4, 0.5) is 11.4 Å².